The molecule has 1 aliphatic rings. The number of carbonyl (C=O) groups is 2. The fraction of sp³-hybridized carbons (Fsp3) is 0.222. The van der Waals surface area contributed by atoms with Gasteiger partial charge in [0, 0.05) is 27.2 Å². The number of halogens is 1. The number of hydrogen-bond acceptors (Lipinski definition) is 3. The standard InChI is InChI=1S/C18H17BrN2O2S/c1-24-15-4-2-3-14(10-15)20-17(22)11-21-16-7-6-13(19)9-12(16)5-8-18(21)23/h2-4,6-7,9-10H,5,8,11H2,1H3,(H,20,22). The van der Waals surface area contributed by atoms with Crippen molar-refractivity contribution in [2.75, 3.05) is 23.0 Å². The number of anilines is 2. The molecular formula is C18H17BrN2O2S. The van der Waals surface area contributed by atoms with Crippen LogP contribution in [0, 0.1) is 0 Å². The molecule has 4 nitrogen and oxygen atoms in total. The Kier molecular flexibility index (Phi) is 5.26. The molecule has 0 aliphatic carbocycles. The maximum atomic E-state index is 12.4. The van der Waals surface area contributed by atoms with Gasteiger partial charge in [-0.25, -0.2) is 0 Å². The molecule has 3 rings (SSSR count). The minimum Gasteiger partial charge on any atom is -0.324 e. The van der Waals surface area contributed by atoms with Crippen molar-refractivity contribution in [2.45, 2.75) is 17.7 Å². The summed E-state index contributed by atoms with van der Waals surface area (Å²) in [4.78, 5) is 27.3. The summed E-state index contributed by atoms with van der Waals surface area (Å²) in [5.41, 5.74) is 2.65. The Hall–Kier alpha value is -1.79. The quantitative estimate of drug-likeness (QED) is 0.780. The van der Waals surface area contributed by atoms with Crippen LogP contribution in [0.5, 0.6) is 0 Å². The van der Waals surface area contributed by atoms with E-state index < -0.39 is 0 Å². The monoisotopic (exact) mass is 404 g/mol. The zero-order valence-corrected chi connectivity index (χ0v) is 15.6. The molecule has 2 aromatic carbocycles. The molecule has 1 heterocycles. The van der Waals surface area contributed by atoms with Crippen molar-refractivity contribution in [3.8, 4) is 0 Å². The van der Waals surface area contributed by atoms with E-state index in [0.717, 1.165) is 26.3 Å². The molecule has 2 aromatic rings. The first kappa shape index (κ1) is 17.0. The maximum Gasteiger partial charge on any atom is 0.244 e. The average molecular weight is 405 g/mol. The van der Waals surface area contributed by atoms with Gasteiger partial charge in [0.1, 0.15) is 6.54 Å². The minimum absolute atomic E-state index is 0.0159. The molecule has 0 bridgehead atoms. The highest BCUT2D eigenvalue weighted by molar-refractivity contribution is 9.10. The average Bonchev–Trinajstić information content (AvgIpc) is 2.57. The highest BCUT2D eigenvalue weighted by atomic mass is 79.9. The number of rotatable bonds is 4. The van der Waals surface area contributed by atoms with Gasteiger partial charge in [-0.15, -0.1) is 11.8 Å². The van der Waals surface area contributed by atoms with E-state index in [4.69, 9.17) is 0 Å². The number of nitrogens with one attached hydrogen (secondary N) is 1. The number of nitrogens with zero attached hydrogens (tertiary/aromatic N) is 1. The number of hydrogen-bond donors (Lipinski definition) is 1. The summed E-state index contributed by atoms with van der Waals surface area (Å²) in [5.74, 6) is -0.213. The minimum atomic E-state index is -0.197. The largest absolute Gasteiger partial charge is 0.324 e. The molecule has 124 valence electrons. The van der Waals surface area contributed by atoms with Gasteiger partial charge in [0.15, 0.2) is 0 Å². The lowest BCUT2D eigenvalue weighted by Gasteiger charge is -2.29. The Bertz CT molecular complexity index is 794. The maximum absolute atomic E-state index is 12.4. The van der Waals surface area contributed by atoms with Gasteiger partial charge in [0.05, 0.1) is 0 Å². The van der Waals surface area contributed by atoms with E-state index in [9.17, 15) is 9.59 Å². The number of thioether (sulfide) groups is 1. The van der Waals surface area contributed by atoms with Crippen molar-refractivity contribution in [3.05, 3.63) is 52.5 Å². The molecule has 0 atom stereocenters. The molecule has 6 heteroatoms. The lowest BCUT2D eigenvalue weighted by molar-refractivity contribution is -0.121. The molecular weight excluding hydrogens is 388 g/mol. The fourth-order valence-corrected chi connectivity index (χ4v) is 3.61. The van der Waals surface area contributed by atoms with Gasteiger partial charge in [0.25, 0.3) is 0 Å². The van der Waals surface area contributed by atoms with E-state index in [2.05, 4.69) is 21.2 Å². The van der Waals surface area contributed by atoms with Crippen LogP contribution >= 0.6 is 27.7 Å². The van der Waals surface area contributed by atoms with Crippen LogP contribution in [-0.4, -0.2) is 24.6 Å². The summed E-state index contributed by atoms with van der Waals surface area (Å²) in [6, 6.07) is 13.5. The van der Waals surface area contributed by atoms with Gasteiger partial charge in [-0.3, -0.25) is 9.59 Å². The lowest BCUT2D eigenvalue weighted by atomic mass is 10.0. The van der Waals surface area contributed by atoms with Crippen molar-refractivity contribution in [1.29, 1.82) is 0 Å². The summed E-state index contributed by atoms with van der Waals surface area (Å²) >= 11 is 5.07. The summed E-state index contributed by atoms with van der Waals surface area (Å²) in [6.07, 6.45) is 3.13. The zero-order chi connectivity index (χ0) is 17.1. The van der Waals surface area contributed by atoms with Crippen LogP contribution in [0.25, 0.3) is 0 Å². The van der Waals surface area contributed by atoms with E-state index in [-0.39, 0.29) is 18.4 Å². The molecule has 24 heavy (non-hydrogen) atoms. The summed E-state index contributed by atoms with van der Waals surface area (Å²) < 4.78 is 0.980. The van der Waals surface area contributed by atoms with E-state index in [1.807, 2.05) is 48.7 Å². The smallest absolute Gasteiger partial charge is 0.244 e. The molecule has 0 saturated heterocycles. The molecule has 0 spiro atoms. The third-order valence-corrected chi connectivity index (χ3v) is 5.12. The van der Waals surface area contributed by atoms with Crippen LogP contribution < -0.4 is 10.2 Å². The predicted molar refractivity (Wildman–Crippen MR) is 102 cm³/mol. The van der Waals surface area contributed by atoms with Gasteiger partial charge in [-0.2, -0.15) is 0 Å². The number of amides is 2. The Balaban J connectivity index is 1.75. The van der Waals surface area contributed by atoms with Gasteiger partial charge in [-0.05, 0) is 54.6 Å². The number of carbonyl (C=O) groups excluding carboxylic acids is 2. The molecule has 0 saturated carbocycles. The Morgan fingerprint density at radius 2 is 2.08 bits per heavy atom. The van der Waals surface area contributed by atoms with E-state index in [0.29, 0.717) is 12.8 Å². The Morgan fingerprint density at radius 3 is 2.88 bits per heavy atom. The fourth-order valence-electron chi connectivity index (χ4n) is 2.75. The van der Waals surface area contributed by atoms with Crippen LogP contribution in [-0.2, 0) is 16.0 Å². The molecule has 0 radical (unpaired) electrons. The van der Waals surface area contributed by atoms with E-state index in [1.165, 1.54) is 0 Å². The van der Waals surface area contributed by atoms with Crippen LogP contribution in [0.2, 0.25) is 0 Å². The SMILES string of the molecule is CSc1cccc(NC(=O)CN2C(=O)CCc3cc(Br)ccc32)c1. The van der Waals surface area contributed by atoms with Gasteiger partial charge >= 0.3 is 0 Å². The number of benzene rings is 2. The van der Waals surface area contributed by atoms with Gasteiger partial charge in [-0.1, -0.05) is 22.0 Å². The van der Waals surface area contributed by atoms with Crippen molar-refractivity contribution in [1.82, 2.24) is 0 Å². The second-order valence-corrected chi connectivity index (χ2v) is 7.33. The van der Waals surface area contributed by atoms with E-state index >= 15 is 0 Å². The molecule has 0 unspecified atom stereocenters. The van der Waals surface area contributed by atoms with Crippen LogP contribution in [0.3, 0.4) is 0 Å². The van der Waals surface area contributed by atoms with Crippen molar-refractivity contribution in [2.24, 2.45) is 0 Å². The molecule has 1 aliphatic heterocycles. The van der Waals surface area contributed by atoms with Gasteiger partial charge < -0.3 is 10.2 Å². The lowest BCUT2D eigenvalue weighted by Crippen LogP contribution is -2.40. The van der Waals surface area contributed by atoms with Crippen molar-refractivity contribution < 1.29 is 9.59 Å². The zero-order valence-electron chi connectivity index (χ0n) is 13.2. The Morgan fingerprint density at radius 1 is 1.25 bits per heavy atom. The van der Waals surface area contributed by atoms with Crippen LogP contribution in [0.15, 0.2) is 51.8 Å². The van der Waals surface area contributed by atoms with Crippen molar-refractivity contribution >= 4 is 50.9 Å². The normalized spacial score (nSPS) is 13.6. The summed E-state index contributed by atoms with van der Waals surface area (Å²) in [6.45, 7) is 0.0248. The molecule has 0 fully saturated rings. The highest BCUT2D eigenvalue weighted by Crippen LogP contribution is 2.30. The predicted octanol–water partition coefficient (Wildman–Crippen LogP) is 4.09. The van der Waals surface area contributed by atoms with Crippen molar-refractivity contribution in [3.63, 3.8) is 0 Å². The first-order chi connectivity index (χ1) is 11.6. The Labute approximate surface area is 153 Å². The second-order valence-electron chi connectivity index (χ2n) is 5.53. The molecule has 2 amide bonds. The number of fused-ring (bicyclic) bond motifs is 1. The summed E-state index contributed by atoms with van der Waals surface area (Å²) in [5, 5.41) is 2.87. The summed E-state index contributed by atoms with van der Waals surface area (Å²) in [7, 11) is 0. The first-order valence-corrected chi connectivity index (χ1v) is 9.61. The third-order valence-electron chi connectivity index (χ3n) is 3.90. The van der Waals surface area contributed by atoms with Gasteiger partial charge in [0.2, 0.25) is 11.8 Å². The topological polar surface area (TPSA) is 49.4 Å². The first-order valence-electron chi connectivity index (χ1n) is 7.59. The molecule has 1 N–H and O–H groups in total. The van der Waals surface area contributed by atoms with Crippen LogP contribution in [0.4, 0.5) is 11.4 Å². The van der Waals surface area contributed by atoms with E-state index in [1.54, 1.807) is 16.7 Å². The third kappa shape index (κ3) is 3.82. The van der Waals surface area contributed by atoms with Crippen LogP contribution in [0.1, 0.15) is 12.0 Å². The molecule has 0 aromatic heterocycles. The second kappa shape index (κ2) is 7.40. The highest BCUT2D eigenvalue weighted by Gasteiger charge is 2.26. The number of aryl methyl sites for hydroxylation is 1.